The molecule has 1 aliphatic heterocycles. The number of aromatic nitrogens is 5. The number of hydrogen-bond acceptors (Lipinski definition) is 12. The van der Waals surface area contributed by atoms with Crippen molar-refractivity contribution in [1.29, 1.82) is 0 Å². The van der Waals surface area contributed by atoms with E-state index < -0.39 is 0 Å². The van der Waals surface area contributed by atoms with Crippen molar-refractivity contribution in [3.63, 3.8) is 0 Å². The number of ketones is 1. The number of nitrogens with zero attached hydrogens (tertiary/aromatic N) is 2. The molecule has 5 aromatic heterocycles. The molecule has 0 spiro atoms. The SMILES string of the molecule is C.CCCC(=O)/C=C/CBr.CCOC(=O)/C=C/COc1cc(Cl)ncc1I.CCOC(=O)CC1COc2cc(Cl)ncc21.CI.CI.O=c1c(I)c[nH]c(Cl)c1I.O=c1cc(Cl)[nH]cc1I.O=c1cc[nH]c(Cl)c1.[I][V]([I])[I].[I][V][I]. The second-order valence-electron chi connectivity index (χ2n) is 13.0. The summed E-state index contributed by atoms with van der Waals surface area (Å²) >= 11 is 55.5. The Morgan fingerprint density at radius 1 is 0.790 bits per heavy atom. The van der Waals surface area contributed by atoms with Gasteiger partial charge in [-0.1, -0.05) is 140 Å². The zero-order valence-corrected chi connectivity index (χ0v) is 74.0. The quantitative estimate of drug-likeness (QED) is 0.0350. The van der Waals surface area contributed by atoms with E-state index in [1.54, 1.807) is 62.9 Å². The maximum absolute atomic E-state index is 11.4. The van der Waals surface area contributed by atoms with Crippen LogP contribution in [0.4, 0.5) is 0 Å². The van der Waals surface area contributed by atoms with Crippen molar-refractivity contribution >= 4 is 327 Å². The van der Waals surface area contributed by atoms with Gasteiger partial charge in [0, 0.05) is 90.6 Å². The molecule has 0 saturated heterocycles. The Morgan fingerprint density at radius 2 is 1.35 bits per heavy atom. The number of allylic oxidation sites excluding steroid dienone is 2. The molecule has 5 aromatic rings. The topological polar surface area (TPSA) is 212 Å². The molecule has 0 saturated carbocycles. The number of nitrogens with one attached hydrogen (secondary N) is 3. The van der Waals surface area contributed by atoms with Crippen LogP contribution in [0.3, 0.4) is 0 Å². The first-order valence-electron chi connectivity index (χ1n) is 21.4. The van der Waals surface area contributed by atoms with Crippen LogP contribution in [-0.4, -0.2) is 84.3 Å². The normalized spacial score (nSPS) is 10.8. The summed E-state index contributed by atoms with van der Waals surface area (Å²) < 4.78 is 23.2. The van der Waals surface area contributed by atoms with Gasteiger partial charge in [-0.25, -0.2) is 14.8 Å². The van der Waals surface area contributed by atoms with Gasteiger partial charge in [-0.2, -0.15) is 0 Å². The molecule has 1 atom stereocenters. The second kappa shape index (κ2) is 62.8. The average molecular weight is 2600 g/mol. The molecule has 0 amide bonds. The third kappa shape index (κ3) is 53.2. The van der Waals surface area contributed by atoms with Crippen LogP contribution >= 0.6 is 309 Å². The fourth-order valence-corrected chi connectivity index (χ4v) is 7.61. The number of halogens is 17. The molecule has 0 bridgehead atoms. The number of H-pyrrole nitrogens is 3. The van der Waals surface area contributed by atoms with Crippen LogP contribution in [-0.2, 0) is 38.2 Å². The molecule has 6 rings (SSSR count). The molecule has 81 heavy (non-hydrogen) atoms. The number of carbonyl (C=O) groups is 3. The monoisotopic (exact) mass is 2600 g/mol. The van der Waals surface area contributed by atoms with E-state index in [9.17, 15) is 28.8 Å². The maximum atomic E-state index is 11.4. The summed E-state index contributed by atoms with van der Waals surface area (Å²) in [5.41, 5.74) is 0.801. The first-order valence-corrected chi connectivity index (χ1v) is 55.6. The fourth-order valence-electron chi connectivity index (χ4n) is 4.52. The van der Waals surface area contributed by atoms with Crippen LogP contribution in [0.2, 0.25) is 25.8 Å². The van der Waals surface area contributed by atoms with Crippen molar-refractivity contribution in [2.45, 2.75) is 53.4 Å². The van der Waals surface area contributed by atoms with Gasteiger partial charge in [0.15, 0.2) is 16.6 Å². The van der Waals surface area contributed by atoms with Gasteiger partial charge in [0.1, 0.15) is 43.9 Å². The van der Waals surface area contributed by atoms with Crippen LogP contribution in [0, 0.1) is 14.3 Å². The molecule has 1 unspecified atom stereocenters. The third-order valence-corrected chi connectivity index (χ3v) is 12.8. The Kier molecular flexibility index (Phi) is 72.6. The van der Waals surface area contributed by atoms with Gasteiger partial charge in [0.2, 0.25) is 5.43 Å². The molecular weight excluding hydrogens is 2550 g/mol. The zero-order chi connectivity index (χ0) is 62.2. The number of fused-ring (bicyclic) bond motifs is 1. The molecule has 3 N–H and O–H groups in total. The van der Waals surface area contributed by atoms with Gasteiger partial charge in [-0.05, 0) is 133 Å². The molecule has 1 aliphatic rings. The van der Waals surface area contributed by atoms with Gasteiger partial charge in [-0.3, -0.25) is 24.0 Å². The molecule has 34 heteroatoms. The van der Waals surface area contributed by atoms with E-state index in [4.69, 9.17) is 77.0 Å². The first kappa shape index (κ1) is 93.7. The molecule has 0 radical (unpaired) electrons. The van der Waals surface area contributed by atoms with Crippen molar-refractivity contribution in [2.75, 3.05) is 41.6 Å². The summed E-state index contributed by atoms with van der Waals surface area (Å²) in [5, 5.41) is 2.69. The van der Waals surface area contributed by atoms with Gasteiger partial charge < -0.3 is 33.9 Å². The number of ether oxygens (including phenoxy) is 4. The van der Waals surface area contributed by atoms with E-state index in [-0.39, 0.29) is 58.9 Å². The van der Waals surface area contributed by atoms with E-state index in [1.807, 2.05) is 90.6 Å². The number of hydrogen-bond donors (Lipinski definition) is 3. The minimum atomic E-state index is -0.376. The summed E-state index contributed by atoms with van der Waals surface area (Å²) in [6.07, 6.45) is 16.2. The van der Waals surface area contributed by atoms with Crippen molar-refractivity contribution in [3.05, 3.63) is 162 Å². The summed E-state index contributed by atoms with van der Waals surface area (Å²) in [6.45, 7) is 7.06. The Balaban J connectivity index is -0.000000280. The Labute approximate surface area is 655 Å². The molecule has 6 heterocycles. The number of esters is 2. The first-order chi connectivity index (χ1) is 37.9. The van der Waals surface area contributed by atoms with E-state index >= 15 is 0 Å². The number of alkyl halides is 3. The molecule has 0 aromatic carbocycles. The number of rotatable bonds is 12. The second-order valence-corrected chi connectivity index (χ2v) is 67.3. The molecule has 0 fully saturated rings. The Bertz CT molecular complexity index is 2760. The summed E-state index contributed by atoms with van der Waals surface area (Å²) in [6, 6.07) is 7.38. The van der Waals surface area contributed by atoms with Crippen LogP contribution in [0.5, 0.6) is 11.5 Å². The Morgan fingerprint density at radius 3 is 1.84 bits per heavy atom. The van der Waals surface area contributed by atoms with Crippen molar-refractivity contribution in [3.8, 4) is 11.5 Å². The average Bonchev–Trinajstić information content (AvgIpc) is 3.80. The minimum absolute atomic E-state index is 0. The predicted molar refractivity (Wildman–Crippen MR) is 426 cm³/mol. The van der Waals surface area contributed by atoms with Crippen molar-refractivity contribution in [1.82, 2.24) is 24.9 Å². The summed E-state index contributed by atoms with van der Waals surface area (Å²) in [5.74, 6) is 1.02. The standard InChI is InChI=1S/C11H11ClINO3.C11H12ClNO3.C7H11BrO.C5H2ClI2NO.C5H3ClINO.C5H4ClNO.2CH3I.CH4.5HI.2V/c1-2-16-11(15)4-3-5-17-9-6-10(12)14-7-8(9)13;1-2-15-11(14)3-7-6-16-9-4-10(12)13-5-8(7)9;1-2-4-7(9)5-3-6-8;6-5-3(8)4(10)2(7)1-9-5;6-5-1-4(9)3(7)2-8-5;6-5-3-4(8)1-2-7-5;2*1-2;;;;;;;;/h3-4,6-7H,2,5H2,1H3;4-5,7H,2-3,6H2,1H3;3,5H,2,4,6H2,1H3;1H,(H,9,10);1-2H,(H,8,9);1-3H,(H,7,8);2*1H3;1H4;5*1H;;/q;;;;;;;;;;;;;;+2;+3/p-5/b4-3+;;5-3+;;;;;;;;;;;;;. The number of carbonyl (C=O) groups excluding carboxylic acids is 3. The fraction of sp³-hybridized carbons (Fsp3) is 0.319. The predicted octanol–water partition coefficient (Wildman–Crippen LogP) is 19.4. The zero-order valence-electron chi connectivity index (χ0n) is 42.1. The van der Waals surface area contributed by atoms with E-state index in [2.05, 4.69) is 209 Å². The van der Waals surface area contributed by atoms with Crippen LogP contribution in [0.15, 0.2) is 100 Å². The van der Waals surface area contributed by atoms with Crippen LogP contribution in [0.25, 0.3) is 0 Å². The van der Waals surface area contributed by atoms with E-state index in [0.717, 1.165) is 20.9 Å². The van der Waals surface area contributed by atoms with Gasteiger partial charge >= 0.3 is 126 Å². The summed E-state index contributed by atoms with van der Waals surface area (Å²) in [7, 11) is 0.628. The molecular formula is C47H53BrCl5I11N5O10V2. The number of aromatic amines is 3. The molecule has 15 nitrogen and oxygen atoms in total. The van der Waals surface area contributed by atoms with E-state index in [1.165, 1.54) is 30.5 Å². The Hall–Kier alpha value is 3.97. The van der Waals surface area contributed by atoms with Gasteiger partial charge in [0.05, 0.1) is 40.5 Å². The van der Waals surface area contributed by atoms with Gasteiger partial charge in [-0.15, -0.1) is 0 Å². The van der Waals surface area contributed by atoms with Crippen LogP contribution in [0.1, 0.15) is 58.9 Å². The summed E-state index contributed by atoms with van der Waals surface area (Å²) in [4.78, 5) is 84.9. The molecule has 455 valence electrons. The van der Waals surface area contributed by atoms with Crippen molar-refractivity contribution < 1.29 is 47.7 Å². The number of pyridine rings is 5. The third-order valence-electron chi connectivity index (χ3n) is 7.51. The van der Waals surface area contributed by atoms with E-state index in [0.29, 0.717) is 90.1 Å². The van der Waals surface area contributed by atoms with Crippen molar-refractivity contribution in [2.24, 2.45) is 0 Å². The molecule has 0 aliphatic carbocycles. The van der Waals surface area contributed by atoms with Crippen LogP contribution < -0.4 is 25.8 Å². The van der Waals surface area contributed by atoms with Gasteiger partial charge in [0.25, 0.3) is 0 Å².